The zero-order chi connectivity index (χ0) is 12.0. The average Bonchev–Trinajstić information content (AvgIpc) is 2.29. The van der Waals surface area contributed by atoms with Crippen LogP contribution in [0.5, 0.6) is 0 Å². The largest absolute Gasteiger partial charge is 0.382 e. The summed E-state index contributed by atoms with van der Waals surface area (Å²) in [6.45, 7) is -0.336. The second-order valence-corrected chi connectivity index (χ2v) is 2.82. The van der Waals surface area contributed by atoms with Gasteiger partial charge in [-0.2, -0.15) is 10.5 Å². The predicted octanol–water partition coefficient (Wildman–Crippen LogP) is -0.452. The standard InChI is InChI=1S/C9H8N6O/c10-3-5-15(6-4-11)9(16)7-1-2-8(12)14-13-7/h1-2H,5-6H2,(H2,12,14). The maximum Gasteiger partial charge on any atom is 0.276 e. The molecule has 0 saturated heterocycles. The molecule has 0 spiro atoms. The van der Waals surface area contributed by atoms with E-state index in [1.54, 1.807) is 12.1 Å². The molecule has 1 heterocycles. The van der Waals surface area contributed by atoms with Crippen molar-refractivity contribution in [3.63, 3.8) is 0 Å². The Morgan fingerprint density at radius 2 is 1.94 bits per heavy atom. The van der Waals surface area contributed by atoms with E-state index in [9.17, 15) is 4.79 Å². The first-order chi connectivity index (χ1) is 7.69. The summed E-state index contributed by atoms with van der Waals surface area (Å²) >= 11 is 0. The van der Waals surface area contributed by atoms with E-state index in [0.717, 1.165) is 4.90 Å². The van der Waals surface area contributed by atoms with E-state index in [2.05, 4.69) is 10.2 Å². The van der Waals surface area contributed by atoms with Gasteiger partial charge in [0.2, 0.25) is 0 Å². The number of nitriles is 2. The van der Waals surface area contributed by atoms with Crippen LogP contribution >= 0.6 is 0 Å². The second kappa shape index (κ2) is 5.27. The number of carbonyl (C=O) groups is 1. The van der Waals surface area contributed by atoms with Crippen molar-refractivity contribution in [1.29, 1.82) is 10.5 Å². The van der Waals surface area contributed by atoms with E-state index < -0.39 is 5.91 Å². The molecule has 0 atom stereocenters. The molecule has 0 bridgehead atoms. The summed E-state index contributed by atoms with van der Waals surface area (Å²) in [4.78, 5) is 12.8. The lowest BCUT2D eigenvalue weighted by molar-refractivity contribution is 0.0788. The van der Waals surface area contributed by atoms with Crippen molar-refractivity contribution in [2.45, 2.75) is 0 Å². The summed E-state index contributed by atoms with van der Waals surface area (Å²) in [6.07, 6.45) is 0. The van der Waals surface area contributed by atoms with Crippen molar-refractivity contribution < 1.29 is 4.79 Å². The number of nitrogen functional groups attached to an aromatic ring is 1. The SMILES string of the molecule is N#CCN(CC#N)C(=O)c1ccc(N)nn1. The molecule has 0 aliphatic heterocycles. The van der Waals surface area contributed by atoms with Crippen molar-refractivity contribution in [1.82, 2.24) is 15.1 Å². The van der Waals surface area contributed by atoms with Crippen LogP contribution in [-0.2, 0) is 0 Å². The Bertz CT molecular complexity index is 438. The summed E-state index contributed by atoms with van der Waals surface area (Å²) in [5.41, 5.74) is 5.37. The van der Waals surface area contributed by atoms with Crippen LogP contribution in [0.1, 0.15) is 10.5 Å². The Balaban J connectivity index is 2.87. The lowest BCUT2D eigenvalue weighted by Crippen LogP contribution is -2.32. The molecule has 0 unspecified atom stereocenters. The van der Waals surface area contributed by atoms with Gasteiger partial charge in [-0.25, -0.2) is 0 Å². The zero-order valence-corrected chi connectivity index (χ0v) is 8.29. The Morgan fingerprint density at radius 3 is 2.38 bits per heavy atom. The molecule has 1 rings (SSSR count). The Morgan fingerprint density at radius 1 is 1.31 bits per heavy atom. The van der Waals surface area contributed by atoms with Crippen LogP contribution in [0.4, 0.5) is 5.82 Å². The number of amides is 1. The molecule has 0 saturated carbocycles. The van der Waals surface area contributed by atoms with Crippen LogP contribution in [0, 0.1) is 22.7 Å². The van der Waals surface area contributed by atoms with Gasteiger partial charge in [-0.3, -0.25) is 4.79 Å². The van der Waals surface area contributed by atoms with Crippen LogP contribution < -0.4 is 5.73 Å². The molecule has 0 aliphatic carbocycles. The van der Waals surface area contributed by atoms with Gasteiger partial charge in [0.1, 0.15) is 18.9 Å². The van der Waals surface area contributed by atoms with Gasteiger partial charge < -0.3 is 10.6 Å². The van der Waals surface area contributed by atoms with Crippen LogP contribution in [0.3, 0.4) is 0 Å². The molecular formula is C9H8N6O. The molecule has 0 aliphatic rings. The van der Waals surface area contributed by atoms with E-state index in [-0.39, 0.29) is 24.6 Å². The fourth-order valence-electron chi connectivity index (χ4n) is 0.989. The normalized spacial score (nSPS) is 8.88. The maximum absolute atomic E-state index is 11.7. The lowest BCUT2D eigenvalue weighted by Gasteiger charge is -2.14. The molecule has 7 heteroatoms. The number of hydrogen-bond acceptors (Lipinski definition) is 6. The van der Waals surface area contributed by atoms with Gasteiger partial charge in [0.05, 0.1) is 12.1 Å². The van der Waals surface area contributed by atoms with E-state index in [1.165, 1.54) is 12.1 Å². The van der Waals surface area contributed by atoms with E-state index in [4.69, 9.17) is 16.3 Å². The maximum atomic E-state index is 11.7. The lowest BCUT2D eigenvalue weighted by atomic mass is 10.3. The quantitative estimate of drug-likeness (QED) is 0.683. The monoisotopic (exact) mass is 216 g/mol. The number of hydrogen-bond donors (Lipinski definition) is 1. The molecule has 16 heavy (non-hydrogen) atoms. The van der Waals surface area contributed by atoms with Crippen LogP contribution in [0.15, 0.2) is 12.1 Å². The summed E-state index contributed by atoms with van der Waals surface area (Å²) in [6, 6.07) is 6.41. The summed E-state index contributed by atoms with van der Waals surface area (Å²) in [5.74, 6) is -0.320. The molecule has 7 nitrogen and oxygen atoms in total. The highest BCUT2D eigenvalue weighted by Gasteiger charge is 2.16. The van der Waals surface area contributed by atoms with Gasteiger partial charge in [0.25, 0.3) is 5.91 Å². The number of carbonyl (C=O) groups excluding carboxylic acids is 1. The highest BCUT2D eigenvalue weighted by molar-refractivity contribution is 5.92. The average molecular weight is 216 g/mol. The predicted molar refractivity (Wildman–Crippen MR) is 53.6 cm³/mol. The number of nitrogens with zero attached hydrogens (tertiary/aromatic N) is 5. The second-order valence-electron chi connectivity index (χ2n) is 2.82. The van der Waals surface area contributed by atoms with Gasteiger partial charge in [-0.15, -0.1) is 10.2 Å². The molecule has 0 radical (unpaired) electrons. The number of nitrogens with two attached hydrogens (primary N) is 1. The van der Waals surface area contributed by atoms with Gasteiger partial charge in [0.15, 0.2) is 5.69 Å². The number of anilines is 1. The molecular weight excluding hydrogens is 208 g/mol. The van der Waals surface area contributed by atoms with E-state index in [1.807, 2.05) is 0 Å². The van der Waals surface area contributed by atoms with Crippen molar-refractivity contribution in [2.75, 3.05) is 18.8 Å². The van der Waals surface area contributed by atoms with Crippen molar-refractivity contribution in [3.8, 4) is 12.1 Å². The summed E-state index contributed by atoms with van der Waals surface area (Å²) in [5, 5.41) is 24.1. The molecule has 1 amide bonds. The molecule has 1 aromatic heterocycles. The first-order valence-corrected chi connectivity index (χ1v) is 4.31. The van der Waals surface area contributed by atoms with Crippen molar-refractivity contribution in [3.05, 3.63) is 17.8 Å². The third kappa shape index (κ3) is 2.66. The van der Waals surface area contributed by atoms with Crippen molar-refractivity contribution in [2.24, 2.45) is 0 Å². The minimum atomic E-state index is -0.518. The fourth-order valence-corrected chi connectivity index (χ4v) is 0.989. The highest BCUT2D eigenvalue weighted by Crippen LogP contribution is 2.02. The van der Waals surface area contributed by atoms with Gasteiger partial charge in [-0.1, -0.05) is 0 Å². The molecule has 80 valence electrons. The summed E-state index contributed by atoms with van der Waals surface area (Å²) in [7, 11) is 0. The number of rotatable bonds is 3. The zero-order valence-electron chi connectivity index (χ0n) is 8.29. The number of aromatic nitrogens is 2. The third-order valence-electron chi connectivity index (χ3n) is 1.71. The highest BCUT2D eigenvalue weighted by atomic mass is 16.2. The van der Waals surface area contributed by atoms with Crippen LogP contribution in [-0.4, -0.2) is 34.1 Å². The van der Waals surface area contributed by atoms with Gasteiger partial charge in [-0.05, 0) is 12.1 Å². The van der Waals surface area contributed by atoms with Crippen LogP contribution in [0.2, 0.25) is 0 Å². The van der Waals surface area contributed by atoms with Gasteiger partial charge >= 0.3 is 0 Å². The Hall–Kier alpha value is -2.67. The first-order valence-electron chi connectivity index (χ1n) is 4.31. The fraction of sp³-hybridized carbons (Fsp3) is 0.222. The molecule has 0 aromatic carbocycles. The third-order valence-corrected chi connectivity index (χ3v) is 1.71. The first kappa shape index (κ1) is 11.4. The molecule has 0 fully saturated rings. The smallest absolute Gasteiger partial charge is 0.276 e. The van der Waals surface area contributed by atoms with Gasteiger partial charge in [0, 0.05) is 0 Å². The topological polar surface area (TPSA) is 120 Å². The molecule has 2 N–H and O–H groups in total. The van der Waals surface area contributed by atoms with E-state index >= 15 is 0 Å². The minimum Gasteiger partial charge on any atom is -0.382 e. The van der Waals surface area contributed by atoms with Crippen molar-refractivity contribution >= 4 is 11.7 Å². The Kier molecular flexibility index (Phi) is 3.76. The van der Waals surface area contributed by atoms with E-state index in [0.29, 0.717) is 0 Å². The van der Waals surface area contributed by atoms with Crippen LogP contribution in [0.25, 0.3) is 0 Å². The Labute approximate surface area is 91.7 Å². The summed E-state index contributed by atoms with van der Waals surface area (Å²) < 4.78 is 0. The molecule has 1 aromatic rings. The minimum absolute atomic E-state index is 0.0553.